The second kappa shape index (κ2) is 2.70. The molecule has 1 rings (SSSR count). The summed E-state index contributed by atoms with van der Waals surface area (Å²) in [5.41, 5.74) is -7.23. The van der Waals surface area contributed by atoms with Crippen molar-refractivity contribution in [2.45, 2.75) is 0 Å². The average molecular weight is 183 g/mol. The predicted octanol–water partition coefficient (Wildman–Crippen LogP) is -2.09. The van der Waals surface area contributed by atoms with E-state index >= 15 is 0 Å². The zero-order valence-electron chi connectivity index (χ0n) is 5.97. The highest BCUT2D eigenvalue weighted by molar-refractivity contribution is 5.28. The van der Waals surface area contributed by atoms with Crippen LogP contribution < -0.4 is 21.7 Å². The van der Waals surface area contributed by atoms with E-state index < -0.39 is 32.3 Å². The third-order valence-electron chi connectivity index (χ3n) is 1.33. The standard InChI is InChI=1S/C6HNO6/c8-3-1-2(7(12)13)4(9)6(11)5(3)10/h1H. The van der Waals surface area contributed by atoms with Gasteiger partial charge in [0.05, 0.1) is 11.0 Å². The van der Waals surface area contributed by atoms with Crippen LogP contribution >= 0.6 is 0 Å². The lowest BCUT2D eigenvalue weighted by Crippen LogP contribution is -2.46. The van der Waals surface area contributed by atoms with Crippen LogP contribution in [-0.4, -0.2) is 4.92 Å². The Morgan fingerprint density at radius 1 is 1.00 bits per heavy atom. The van der Waals surface area contributed by atoms with Crippen LogP contribution in [0.4, 0.5) is 5.69 Å². The summed E-state index contributed by atoms with van der Waals surface area (Å²) in [6.45, 7) is 0. The van der Waals surface area contributed by atoms with Gasteiger partial charge in [0.1, 0.15) is 0 Å². The first-order chi connectivity index (χ1) is 5.95. The molecule has 0 N–H and O–H groups in total. The Morgan fingerprint density at radius 3 is 2.00 bits per heavy atom. The molecular weight excluding hydrogens is 182 g/mol. The summed E-state index contributed by atoms with van der Waals surface area (Å²) in [7, 11) is 0. The second-order valence-electron chi connectivity index (χ2n) is 2.14. The fourth-order valence-electron chi connectivity index (χ4n) is 0.722. The van der Waals surface area contributed by atoms with Gasteiger partial charge >= 0.3 is 11.1 Å². The van der Waals surface area contributed by atoms with Crippen LogP contribution in [0.15, 0.2) is 25.2 Å². The maximum absolute atomic E-state index is 10.7. The number of nitro benzene ring substituents is 1. The number of hydrogen-bond donors (Lipinski definition) is 0. The quantitative estimate of drug-likeness (QED) is 0.280. The predicted molar refractivity (Wildman–Crippen MR) is 40.5 cm³/mol. The van der Waals surface area contributed by atoms with Crippen LogP contribution in [-0.2, 0) is 0 Å². The number of non-ortho nitro benzene ring substituents is 1. The molecule has 0 aliphatic carbocycles. The van der Waals surface area contributed by atoms with Gasteiger partial charge in [0.25, 0.3) is 10.9 Å². The van der Waals surface area contributed by atoms with Crippen LogP contribution in [0, 0.1) is 10.1 Å². The summed E-state index contributed by atoms with van der Waals surface area (Å²) in [4.78, 5) is 51.2. The Kier molecular flexibility index (Phi) is 1.85. The van der Waals surface area contributed by atoms with Crippen molar-refractivity contribution >= 4 is 5.69 Å². The highest BCUT2D eigenvalue weighted by Crippen LogP contribution is 1.93. The Hall–Kier alpha value is -2.18. The van der Waals surface area contributed by atoms with Gasteiger partial charge in [-0.1, -0.05) is 0 Å². The summed E-state index contributed by atoms with van der Waals surface area (Å²) in [5.74, 6) is 0. The molecule has 0 spiro atoms. The lowest BCUT2D eigenvalue weighted by molar-refractivity contribution is -0.386. The third kappa shape index (κ3) is 1.26. The molecule has 0 saturated carbocycles. The van der Waals surface area contributed by atoms with Gasteiger partial charge in [-0.2, -0.15) is 0 Å². The third-order valence-corrected chi connectivity index (χ3v) is 1.33. The number of nitro groups is 1. The molecule has 0 aromatic heterocycles. The van der Waals surface area contributed by atoms with Gasteiger partial charge in [-0.05, 0) is 0 Å². The fourth-order valence-corrected chi connectivity index (χ4v) is 0.722. The number of rotatable bonds is 1. The molecule has 0 bridgehead atoms. The molecule has 0 amide bonds. The van der Waals surface area contributed by atoms with Crippen molar-refractivity contribution in [3.63, 3.8) is 0 Å². The van der Waals surface area contributed by atoms with Crippen molar-refractivity contribution in [1.29, 1.82) is 0 Å². The Morgan fingerprint density at radius 2 is 1.54 bits per heavy atom. The molecule has 0 aliphatic heterocycles. The van der Waals surface area contributed by atoms with Crippen molar-refractivity contribution in [2.24, 2.45) is 0 Å². The van der Waals surface area contributed by atoms with E-state index in [-0.39, 0.29) is 6.07 Å². The Balaban J connectivity index is 3.93. The first-order valence-electron chi connectivity index (χ1n) is 2.98. The zero-order chi connectivity index (χ0) is 10.2. The molecule has 66 valence electrons. The molecule has 0 saturated heterocycles. The minimum absolute atomic E-state index is 0.256. The van der Waals surface area contributed by atoms with E-state index in [1.165, 1.54) is 0 Å². The molecule has 1 aromatic rings. The van der Waals surface area contributed by atoms with Gasteiger partial charge in [0, 0.05) is 0 Å². The topological polar surface area (TPSA) is 111 Å². The van der Waals surface area contributed by atoms with E-state index in [0.717, 1.165) is 0 Å². The highest BCUT2D eigenvalue weighted by Gasteiger charge is 2.18. The molecule has 0 aliphatic rings. The smallest absolute Gasteiger partial charge is 0.285 e. The first kappa shape index (κ1) is 8.91. The lowest BCUT2D eigenvalue weighted by Gasteiger charge is -1.83. The molecule has 13 heavy (non-hydrogen) atoms. The van der Waals surface area contributed by atoms with Crippen LogP contribution in [0.3, 0.4) is 0 Å². The van der Waals surface area contributed by atoms with Gasteiger partial charge in [-0.25, -0.2) is 0 Å². The van der Waals surface area contributed by atoms with E-state index in [0.29, 0.717) is 0 Å². The van der Waals surface area contributed by atoms with Gasteiger partial charge in [-0.15, -0.1) is 0 Å². The van der Waals surface area contributed by atoms with Gasteiger partial charge in [-0.3, -0.25) is 29.3 Å². The fraction of sp³-hybridized carbons (Fsp3) is 0. The SMILES string of the molecule is O=c1cc([N+](=O)[O-])c(=O)c(=O)c1=O. The highest BCUT2D eigenvalue weighted by atomic mass is 16.6. The van der Waals surface area contributed by atoms with Crippen molar-refractivity contribution in [3.8, 4) is 0 Å². The van der Waals surface area contributed by atoms with Gasteiger partial charge in [0.15, 0.2) is 0 Å². The minimum Gasteiger partial charge on any atom is -0.285 e. The maximum Gasteiger partial charge on any atom is 0.324 e. The first-order valence-corrected chi connectivity index (χ1v) is 2.98. The summed E-state index contributed by atoms with van der Waals surface area (Å²) in [6.07, 6.45) is 0. The van der Waals surface area contributed by atoms with Gasteiger partial charge in [0.2, 0.25) is 5.43 Å². The molecule has 0 fully saturated rings. The minimum atomic E-state index is -1.65. The van der Waals surface area contributed by atoms with Crippen molar-refractivity contribution < 1.29 is 4.92 Å². The zero-order valence-corrected chi connectivity index (χ0v) is 5.97. The molecule has 7 nitrogen and oxygen atoms in total. The molecule has 7 heteroatoms. The maximum atomic E-state index is 10.7. The van der Waals surface area contributed by atoms with Crippen LogP contribution in [0.25, 0.3) is 0 Å². The van der Waals surface area contributed by atoms with E-state index in [2.05, 4.69) is 0 Å². The van der Waals surface area contributed by atoms with E-state index in [1.807, 2.05) is 0 Å². The van der Waals surface area contributed by atoms with E-state index in [9.17, 15) is 29.3 Å². The van der Waals surface area contributed by atoms with E-state index in [1.54, 1.807) is 0 Å². The monoisotopic (exact) mass is 183 g/mol. The number of nitrogens with zero attached hydrogens (tertiary/aromatic N) is 1. The van der Waals surface area contributed by atoms with Crippen LogP contribution in [0.5, 0.6) is 0 Å². The summed E-state index contributed by atoms with van der Waals surface area (Å²) < 4.78 is 0. The van der Waals surface area contributed by atoms with Gasteiger partial charge < -0.3 is 0 Å². The molecule has 0 heterocycles. The van der Waals surface area contributed by atoms with Crippen LogP contribution in [0.1, 0.15) is 0 Å². The molecule has 0 unspecified atom stereocenters. The average Bonchev–Trinajstić information content (AvgIpc) is 2.07. The number of benzene rings is 1. The van der Waals surface area contributed by atoms with Crippen LogP contribution in [0.2, 0.25) is 0 Å². The lowest BCUT2D eigenvalue weighted by atomic mass is 10.3. The van der Waals surface area contributed by atoms with Crippen molar-refractivity contribution in [2.75, 3.05) is 0 Å². The largest absolute Gasteiger partial charge is 0.324 e. The normalized spacial score (nSPS) is 9.85. The van der Waals surface area contributed by atoms with Crippen molar-refractivity contribution in [1.82, 2.24) is 0 Å². The summed E-state index contributed by atoms with van der Waals surface area (Å²) in [5, 5.41) is 10.1. The molecule has 0 radical (unpaired) electrons. The second-order valence-corrected chi connectivity index (χ2v) is 2.14. The van der Waals surface area contributed by atoms with Crippen molar-refractivity contribution in [3.05, 3.63) is 57.1 Å². The molecule has 1 aromatic carbocycles. The van der Waals surface area contributed by atoms with E-state index in [4.69, 9.17) is 0 Å². The molecule has 0 atom stereocenters. The summed E-state index contributed by atoms with van der Waals surface area (Å²) >= 11 is 0. The Labute approximate surface area is 68.7 Å². The number of hydrogen-bond acceptors (Lipinski definition) is 6. The Bertz CT molecular complexity index is 564. The molecular formula is C6HNO6. The summed E-state index contributed by atoms with van der Waals surface area (Å²) in [6, 6.07) is 0.256.